The summed E-state index contributed by atoms with van der Waals surface area (Å²) in [5.74, 6) is 0.686. The number of hydrogen-bond donors (Lipinski definition) is 1. The van der Waals surface area contributed by atoms with Crippen molar-refractivity contribution in [1.29, 1.82) is 0 Å². The molecular weight excluding hydrogens is 228 g/mol. The first-order valence-corrected chi connectivity index (χ1v) is 6.63. The minimum Gasteiger partial charge on any atom is -0.337 e. The number of nitrogens with one attached hydrogen (secondary N) is 1. The van der Waals surface area contributed by atoms with Crippen LogP contribution in [0.3, 0.4) is 0 Å². The van der Waals surface area contributed by atoms with E-state index in [0.29, 0.717) is 17.0 Å². The lowest BCUT2D eigenvalue weighted by molar-refractivity contribution is 0.0749. The maximum atomic E-state index is 12.2. The van der Waals surface area contributed by atoms with Crippen molar-refractivity contribution in [2.75, 3.05) is 13.1 Å². The van der Waals surface area contributed by atoms with Crippen LogP contribution >= 0.6 is 0 Å². The van der Waals surface area contributed by atoms with Crippen LogP contribution in [-0.4, -0.2) is 39.3 Å². The molecule has 1 aliphatic heterocycles. The Morgan fingerprint density at radius 2 is 2.17 bits per heavy atom. The smallest absolute Gasteiger partial charge is 0.276 e. The molecule has 0 saturated carbocycles. The van der Waals surface area contributed by atoms with Gasteiger partial charge < -0.3 is 4.90 Å². The average Bonchev–Trinajstić information content (AvgIpc) is 2.70. The van der Waals surface area contributed by atoms with Crippen LogP contribution in [0.5, 0.6) is 0 Å². The fourth-order valence-electron chi connectivity index (χ4n) is 2.63. The number of carbonyl (C=O) groups excluding carboxylic acids is 1. The molecule has 1 unspecified atom stereocenters. The third kappa shape index (κ3) is 2.89. The van der Waals surface area contributed by atoms with Gasteiger partial charge in [-0.25, -0.2) is 0 Å². The van der Waals surface area contributed by atoms with E-state index in [2.05, 4.69) is 36.2 Å². The number of carbonyl (C=O) groups is 1. The van der Waals surface area contributed by atoms with Gasteiger partial charge in [0.2, 0.25) is 0 Å². The number of H-pyrrole nitrogens is 1. The molecule has 1 aromatic heterocycles. The van der Waals surface area contributed by atoms with Crippen molar-refractivity contribution in [3.8, 4) is 0 Å². The van der Waals surface area contributed by atoms with Crippen LogP contribution in [0.2, 0.25) is 0 Å². The molecule has 0 spiro atoms. The van der Waals surface area contributed by atoms with Crippen molar-refractivity contribution in [3.63, 3.8) is 0 Å². The van der Waals surface area contributed by atoms with E-state index in [1.165, 1.54) is 12.6 Å². The van der Waals surface area contributed by atoms with Gasteiger partial charge >= 0.3 is 0 Å². The van der Waals surface area contributed by atoms with Gasteiger partial charge in [0.25, 0.3) is 5.91 Å². The Bertz CT molecular complexity index is 394. The fourth-order valence-corrected chi connectivity index (χ4v) is 2.63. The predicted molar refractivity (Wildman–Crippen MR) is 69.1 cm³/mol. The lowest BCUT2D eigenvalue weighted by Crippen LogP contribution is -2.32. The monoisotopic (exact) mass is 250 g/mol. The zero-order valence-corrected chi connectivity index (χ0v) is 11.4. The normalized spacial score (nSPS) is 21.7. The minimum atomic E-state index is -0.00157. The van der Waals surface area contributed by atoms with Crippen molar-refractivity contribution in [2.45, 2.75) is 40.0 Å². The maximum Gasteiger partial charge on any atom is 0.276 e. The molecule has 5 nitrogen and oxygen atoms in total. The number of rotatable bonds is 1. The molecule has 100 valence electrons. The molecule has 1 N–H and O–H groups in total. The number of nitrogens with zero attached hydrogens (tertiary/aromatic N) is 3. The van der Waals surface area contributed by atoms with Crippen molar-refractivity contribution >= 4 is 5.91 Å². The Kier molecular flexibility index (Phi) is 3.68. The predicted octanol–water partition coefficient (Wildman–Crippen LogP) is 2.09. The largest absolute Gasteiger partial charge is 0.337 e. The number of aromatic nitrogens is 3. The van der Waals surface area contributed by atoms with E-state index in [4.69, 9.17) is 0 Å². The summed E-state index contributed by atoms with van der Waals surface area (Å²) in [6.45, 7) is 8.51. The van der Waals surface area contributed by atoms with Gasteiger partial charge in [0.1, 0.15) is 0 Å². The standard InChI is InChI=1S/C13H22N4O/c1-13(2,3)10-5-4-7-17(8-6-10)12(18)11-9-14-16-15-11/h9-10H,4-8H2,1-3H3,(H,14,15,16). The second-order valence-electron chi connectivity index (χ2n) is 6.14. The molecule has 0 radical (unpaired) electrons. The number of likely N-dealkylation sites (tertiary alicyclic amines) is 1. The Labute approximate surface area is 108 Å². The van der Waals surface area contributed by atoms with E-state index in [-0.39, 0.29) is 5.91 Å². The highest BCUT2D eigenvalue weighted by molar-refractivity contribution is 5.91. The van der Waals surface area contributed by atoms with Crippen LogP contribution < -0.4 is 0 Å². The molecule has 0 aromatic carbocycles. The first kappa shape index (κ1) is 13.1. The SMILES string of the molecule is CC(C)(C)C1CCCN(C(=O)c2cn[nH]n2)CC1. The number of aromatic amines is 1. The van der Waals surface area contributed by atoms with Gasteiger partial charge in [0.05, 0.1) is 6.20 Å². The second kappa shape index (κ2) is 5.08. The van der Waals surface area contributed by atoms with Crippen LogP contribution in [0.25, 0.3) is 0 Å². The van der Waals surface area contributed by atoms with E-state index in [0.717, 1.165) is 25.9 Å². The maximum absolute atomic E-state index is 12.2. The van der Waals surface area contributed by atoms with Crippen molar-refractivity contribution in [2.24, 2.45) is 11.3 Å². The van der Waals surface area contributed by atoms with Gasteiger partial charge in [-0.2, -0.15) is 15.4 Å². The average molecular weight is 250 g/mol. The fraction of sp³-hybridized carbons (Fsp3) is 0.769. The Morgan fingerprint density at radius 3 is 2.78 bits per heavy atom. The lowest BCUT2D eigenvalue weighted by Gasteiger charge is -2.29. The molecular formula is C13H22N4O. The van der Waals surface area contributed by atoms with Crippen LogP contribution in [0.4, 0.5) is 0 Å². The summed E-state index contributed by atoms with van der Waals surface area (Å²) in [6.07, 6.45) is 4.85. The molecule has 5 heteroatoms. The topological polar surface area (TPSA) is 61.9 Å². The van der Waals surface area contributed by atoms with Gasteiger partial charge in [0.15, 0.2) is 5.69 Å². The first-order chi connectivity index (χ1) is 8.48. The molecule has 0 bridgehead atoms. The van der Waals surface area contributed by atoms with E-state index in [9.17, 15) is 4.79 Å². The van der Waals surface area contributed by atoms with E-state index in [1.807, 2.05) is 4.90 Å². The van der Waals surface area contributed by atoms with Gasteiger partial charge in [-0.05, 0) is 30.6 Å². The number of amides is 1. The highest BCUT2D eigenvalue weighted by Crippen LogP contribution is 2.34. The molecule has 1 atom stereocenters. The summed E-state index contributed by atoms with van der Waals surface area (Å²) in [5.41, 5.74) is 0.747. The first-order valence-electron chi connectivity index (χ1n) is 6.63. The quantitative estimate of drug-likeness (QED) is 0.830. The summed E-state index contributed by atoms with van der Waals surface area (Å²) >= 11 is 0. The number of hydrogen-bond acceptors (Lipinski definition) is 3. The molecule has 0 aliphatic carbocycles. The zero-order chi connectivity index (χ0) is 13.2. The molecule has 1 aliphatic rings. The summed E-state index contributed by atoms with van der Waals surface area (Å²) in [7, 11) is 0. The van der Waals surface area contributed by atoms with Gasteiger partial charge in [-0.1, -0.05) is 20.8 Å². The van der Waals surface area contributed by atoms with Crippen LogP contribution in [0.1, 0.15) is 50.5 Å². The molecule has 1 aromatic rings. The Hall–Kier alpha value is -1.39. The molecule has 1 amide bonds. The van der Waals surface area contributed by atoms with Crippen LogP contribution in [0, 0.1) is 11.3 Å². The van der Waals surface area contributed by atoms with E-state index in [1.54, 1.807) is 0 Å². The van der Waals surface area contributed by atoms with Gasteiger partial charge in [-0.3, -0.25) is 4.79 Å². The third-order valence-electron chi connectivity index (χ3n) is 3.87. The second-order valence-corrected chi connectivity index (χ2v) is 6.14. The summed E-state index contributed by atoms with van der Waals surface area (Å²) < 4.78 is 0. The highest BCUT2D eigenvalue weighted by atomic mass is 16.2. The van der Waals surface area contributed by atoms with Crippen LogP contribution in [0.15, 0.2) is 6.20 Å². The van der Waals surface area contributed by atoms with E-state index < -0.39 is 0 Å². The van der Waals surface area contributed by atoms with Gasteiger partial charge in [-0.15, -0.1) is 0 Å². The minimum absolute atomic E-state index is 0.00157. The zero-order valence-electron chi connectivity index (χ0n) is 11.4. The summed E-state index contributed by atoms with van der Waals surface area (Å²) in [6, 6.07) is 0. The molecule has 18 heavy (non-hydrogen) atoms. The molecule has 1 saturated heterocycles. The Balaban J connectivity index is 1.99. The third-order valence-corrected chi connectivity index (χ3v) is 3.87. The van der Waals surface area contributed by atoms with E-state index >= 15 is 0 Å². The van der Waals surface area contributed by atoms with Crippen molar-refractivity contribution < 1.29 is 4.79 Å². The van der Waals surface area contributed by atoms with Crippen LogP contribution in [-0.2, 0) is 0 Å². The molecule has 2 rings (SSSR count). The van der Waals surface area contributed by atoms with Crippen molar-refractivity contribution in [3.05, 3.63) is 11.9 Å². The molecule has 1 fully saturated rings. The summed E-state index contributed by atoms with van der Waals surface area (Å²) in [4.78, 5) is 14.1. The van der Waals surface area contributed by atoms with Gasteiger partial charge in [0, 0.05) is 13.1 Å². The highest BCUT2D eigenvalue weighted by Gasteiger charge is 2.29. The lowest BCUT2D eigenvalue weighted by atomic mass is 9.77. The molecule has 2 heterocycles. The Morgan fingerprint density at radius 1 is 1.39 bits per heavy atom. The summed E-state index contributed by atoms with van der Waals surface area (Å²) in [5, 5.41) is 10.0. The van der Waals surface area contributed by atoms with Crippen molar-refractivity contribution in [1.82, 2.24) is 20.3 Å².